The molecule has 1 aliphatic rings. The van der Waals surface area contributed by atoms with Gasteiger partial charge in [0.1, 0.15) is 0 Å². The number of carboxylic acids is 1. The summed E-state index contributed by atoms with van der Waals surface area (Å²) < 4.78 is 0. The highest BCUT2D eigenvalue weighted by Gasteiger charge is 2.45. The monoisotopic (exact) mass is 298 g/mol. The molecule has 1 heterocycles. The average Bonchev–Trinajstić information content (AvgIpc) is 2.37. The summed E-state index contributed by atoms with van der Waals surface area (Å²) in [4.78, 5) is 36.7. The quantitative estimate of drug-likeness (QED) is 0.818. The topological polar surface area (TPSA) is 86.7 Å². The maximum Gasteiger partial charge on any atom is 0.311 e. The molecule has 0 bridgehead atoms. The number of rotatable bonds is 4. The molecule has 0 unspecified atom stereocenters. The SMILES string of the molecule is CC(=O)N1CCC(C(=O)NC(C)(C)C(C)(C)C(=O)O)CC1. The predicted octanol–water partition coefficient (Wildman–Crippen LogP) is 1.25. The number of nitrogens with one attached hydrogen (secondary N) is 1. The summed E-state index contributed by atoms with van der Waals surface area (Å²) in [6.07, 6.45) is 1.24. The third-order valence-electron chi connectivity index (χ3n) is 4.84. The Balaban J connectivity index is 2.66. The second kappa shape index (κ2) is 6.03. The van der Waals surface area contributed by atoms with E-state index >= 15 is 0 Å². The highest BCUT2D eigenvalue weighted by molar-refractivity contribution is 5.82. The van der Waals surface area contributed by atoms with Crippen molar-refractivity contribution in [2.45, 2.75) is 53.0 Å². The standard InChI is InChI=1S/C15H26N2O4/c1-10(18)17-8-6-11(7-9-17)12(19)16-15(4,5)14(2,3)13(20)21/h11H,6-9H2,1-5H3,(H,16,19)(H,20,21). The Bertz CT molecular complexity index is 435. The number of carboxylic acid groups (broad SMARTS) is 1. The van der Waals surface area contributed by atoms with Gasteiger partial charge in [-0.15, -0.1) is 0 Å². The average molecular weight is 298 g/mol. The second-order valence-electron chi connectivity index (χ2n) is 6.82. The number of aliphatic carboxylic acids is 1. The number of carbonyl (C=O) groups excluding carboxylic acids is 2. The Labute approximate surface area is 125 Å². The van der Waals surface area contributed by atoms with Crippen LogP contribution in [0.5, 0.6) is 0 Å². The van der Waals surface area contributed by atoms with E-state index in [1.165, 1.54) is 6.92 Å². The van der Waals surface area contributed by atoms with Gasteiger partial charge in [-0.05, 0) is 40.5 Å². The number of hydrogen-bond donors (Lipinski definition) is 2. The normalized spacial score (nSPS) is 17.5. The minimum atomic E-state index is -1.07. The van der Waals surface area contributed by atoms with Gasteiger partial charge in [0.2, 0.25) is 11.8 Å². The van der Waals surface area contributed by atoms with E-state index in [2.05, 4.69) is 5.32 Å². The van der Waals surface area contributed by atoms with Crippen LogP contribution in [0.1, 0.15) is 47.5 Å². The van der Waals surface area contributed by atoms with Crippen molar-refractivity contribution in [1.82, 2.24) is 10.2 Å². The van der Waals surface area contributed by atoms with E-state index in [1.807, 2.05) is 0 Å². The van der Waals surface area contributed by atoms with Crippen molar-refractivity contribution in [3.8, 4) is 0 Å². The lowest BCUT2D eigenvalue weighted by molar-refractivity contribution is -0.152. The molecule has 120 valence electrons. The van der Waals surface area contributed by atoms with Gasteiger partial charge in [-0.25, -0.2) is 0 Å². The van der Waals surface area contributed by atoms with Gasteiger partial charge in [-0.2, -0.15) is 0 Å². The van der Waals surface area contributed by atoms with Crippen LogP contribution in [0.2, 0.25) is 0 Å². The molecule has 1 rings (SSSR count). The maximum atomic E-state index is 12.4. The lowest BCUT2D eigenvalue weighted by atomic mass is 9.74. The van der Waals surface area contributed by atoms with Crippen LogP contribution in [-0.2, 0) is 14.4 Å². The molecule has 0 radical (unpaired) electrons. The van der Waals surface area contributed by atoms with Crippen LogP contribution < -0.4 is 5.32 Å². The Morgan fingerprint density at radius 1 is 1.10 bits per heavy atom. The van der Waals surface area contributed by atoms with E-state index in [9.17, 15) is 19.5 Å². The number of likely N-dealkylation sites (tertiary alicyclic amines) is 1. The first-order chi connectivity index (χ1) is 9.49. The molecule has 6 heteroatoms. The third kappa shape index (κ3) is 3.74. The molecule has 2 amide bonds. The summed E-state index contributed by atoms with van der Waals surface area (Å²) in [6, 6.07) is 0. The molecule has 2 N–H and O–H groups in total. The van der Waals surface area contributed by atoms with Crippen LogP contribution in [0.25, 0.3) is 0 Å². The summed E-state index contributed by atoms with van der Waals surface area (Å²) in [5, 5.41) is 12.2. The predicted molar refractivity (Wildman–Crippen MR) is 78.6 cm³/mol. The van der Waals surface area contributed by atoms with Gasteiger partial charge in [0.05, 0.1) is 5.41 Å². The molecule has 1 fully saturated rings. The van der Waals surface area contributed by atoms with Crippen LogP contribution in [0.3, 0.4) is 0 Å². The first kappa shape index (κ1) is 17.5. The fourth-order valence-electron chi connectivity index (χ4n) is 2.29. The van der Waals surface area contributed by atoms with Crippen molar-refractivity contribution in [1.29, 1.82) is 0 Å². The number of nitrogens with zero attached hydrogens (tertiary/aromatic N) is 1. The fraction of sp³-hybridized carbons (Fsp3) is 0.800. The molecule has 0 atom stereocenters. The first-order valence-electron chi connectivity index (χ1n) is 7.30. The van der Waals surface area contributed by atoms with Gasteiger partial charge >= 0.3 is 5.97 Å². The van der Waals surface area contributed by atoms with Gasteiger partial charge in [0, 0.05) is 31.5 Å². The van der Waals surface area contributed by atoms with E-state index in [4.69, 9.17) is 0 Å². The number of carbonyl (C=O) groups is 3. The molecule has 21 heavy (non-hydrogen) atoms. The molecular formula is C15H26N2O4. The van der Waals surface area contributed by atoms with Crippen LogP contribution in [0, 0.1) is 11.3 Å². The van der Waals surface area contributed by atoms with Crippen LogP contribution >= 0.6 is 0 Å². The van der Waals surface area contributed by atoms with Crippen molar-refractivity contribution in [3.63, 3.8) is 0 Å². The van der Waals surface area contributed by atoms with Gasteiger partial charge < -0.3 is 15.3 Å². The summed E-state index contributed by atoms with van der Waals surface area (Å²) in [5.74, 6) is -1.21. The van der Waals surface area contributed by atoms with Crippen molar-refractivity contribution in [2.75, 3.05) is 13.1 Å². The van der Waals surface area contributed by atoms with Crippen LogP contribution in [0.15, 0.2) is 0 Å². The Kier molecular flexibility index (Phi) is 5.02. The summed E-state index contributed by atoms with van der Waals surface area (Å²) in [6.45, 7) is 9.35. The zero-order chi connectivity index (χ0) is 16.4. The first-order valence-corrected chi connectivity index (χ1v) is 7.30. The Morgan fingerprint density at radius 3 is 1.95 bits per heavy atom. The zero-order valence-corrected chi connectivity index (χ0v) is 13.5. The highest BCUT2D eigenvalue weighted by Crippen LogP contribution is 2.31. The molecule has 1 saturated heterocycles. The van der Waals surface area contributed by atoms with Crippen LogP contribution in [-0.4, -0.2) is 46.4 Å². The van der Waals surface area contributed by atoms with Gasteiger partial charge in [0.25, 0.3) is 0 Å². The van der Waals surface area contributed by atoms with Crippen LogP contribution in [0.4, 0.5) is 0 Å². The molecule has 0 spiro atoms. The molecular weight excluding hydrogens is 272 g/mol. The minimum absolute atomic E-state index is 0.0289. The molecule has 6 nitrogen and oxygen atoms in total. The summed E-state index contributed by atoms with van der Waals surface area (Å²) in [5.41, 5.74) is -1.92. The Morgan fingerprint density at radius 2 is 1.57 bits per heavy atom. The smallest absolute Gasteiger partial charge is 0.311 e. The van der Waals surface area contributed by atoms with Crippen molar-refractivity contribution in [2.24, 2.45) is 11.3 Å². The number of piperidine rings is 1. The zero-order valence-electron chi connectivity index (χ0n) is 13.5. The molecule has 1 aliphatic heterocycles. The Hall–Kier alpha value is -1.59. The fourth-order valence-corrected chi connectivity index (χ4v) is 2.29. The lowest BCUT2D eigenvalue weighted by Gasteiger charge is -2.40. The molecule has 0 saturated carbocycles. The largest absolute Gasteiger partial charge is 0.481 e. The van der Waals surface area contributed by atoms with Crippen molar-refractivity contribution >= 4 is 17.8 Å². The van der Waals surface area contributed by atoms with Crippen molar-refractivity contribution in [3.05, 3.63) is 0 Å². The molecule has 0 aromatic heterocycles. The van der Waals surface area contributed by atoms with Gasteiger partial charge in [-0.3, -0.25) is 14.4 Å². The summed E-state index contributed by atoms with van der Waals surface area (Å²) >= 11 is 0. The van der Waals surface area contributed by atoms with E-state index < -0.39 is 16.9 Å². The highest BCUT2D eigenvalue weighted by atomic mass is 16.4. The van der Waals surface area contributed by atoms with Gasteiger partial charge in [0.15, 0.2) is 0 Å². The van der Waals surface area contributed by atoms with E-state index in [1.54, 1.807) is 32.6 Å². The van der Waals surface area contributed by atoms with Gasteiger partial charge in [-0.1, -0.05) is 0 Å². The lowest BCUT2D eigenvalue weighted by Crippen LogP contribution is -2.58. The van der Waals surface area contributed by atoms with Crippen molar-refractivity contribution < 1.29 is 19.5 Å². The second-order valence-corrected chi connectivity index (χ2v) is 6.82. The molecule has 0 aromatic carbocycles. The van der Waals surface area contributed by atoms with E-state index in [0.717, 1.165) is 0 Å². The molecule has 0 aliphatic carbocycles. The van der Waals surface area contributed by atoms with E-state index in [-0.39, 0.29) is 17.7 Å². The molecule has 0 aromatic rings. The summed E-state index contributed by atoms with van der Waals surface area (Å²) in [7, 11) is 0. The van der Waals surface area contributed by atoms with E-state index in [0.29, 0.717) is 25.9 Å². The number of amides is 2. The maximum absolute atomic E-state index is 12.4. The minimum Gasteiger partial charge on any atom is -0.481 e. The third-order valence-corrected chi connectivity index (χ3v) is 4.84. The number of hydrogen-bond acceptors (Lipinski definition) is 3.